The molecule has 0 saturated heterocycles. The third-order valence-corrected chi connectivity index (χ3v) is 4.59. The largest absolute Gasteiger partial charge is 0.493 e. The van der Waals surface area contributed by atoms with E-state index in [1.807, 2.05) is 20.8 Å². The van der Waals surface area contributed by atoms with Gasteiger partial charge in [-0.1, -0.05) is 0 Å². The van der Waals surface area contributed by atoms with Crippen LogP contribution >= 0.6 is 12.2 Å². The Labute approximate surface area is 204 Å². The molecule has 0 saturated carbocycles. The summed E-state index contributed by atoms with van der Waals surface area (Å²) in [6, 6.07) is 6.55. The Kier molecular flexibility index (Phi) is 10.3. The van der Waals surface area contributed by atoms with Crippen molar-refractivity contribution >= 4 is 28.9 Å². The Bertz CT molecular complexity index is 949. The first-order valence-corrected chi connectivity index (χ1v) is 11.1. The molecule has 0 bridgehead atoms. The van der Waals surface area contributed by atoms with Crippen LogP contribution in [0.1, 0.15) is 31.1 Å². The molecule has 0 heterocycles. The summed E-state index contributed by atoms with van der Waals surface area (Å²) in [6.07, 6.45) is 0. The molecule has 0 fully saturated rings. The average Bonchev–Trinajstić information content (AvgIpc) is 2.83. The second-order valence-electron chi connectivity index (χ2n) is 6.55. The maximum absolute atomic E-state index is 12.8. The smallest absolute Gasteiger partial charge is 0.269 e. The van der Waals surface area contributed by atoms with Gasteiger partial charge in [-0.05, 0) is 45.1 Å². The van der Waals surface area contributed by atoms with Crippen LogP contribution < -0.4 is 44.6 Å². The predicted octanol–water partition coefficient (Wildman–Crippen LogP) is 3.54. The molecule has 1 amide bonds. The summed E-state index contributed by atoms with van der Waals surface area (Å²) in [6.45, 7) is 6.77. The molecule has 0 unspecified atom stereocenters. The molecule has 2 rings (SSSR count). The number of methoxy groups -OCH3 is 3. The highest BCUT2D eigenvalue weighted by atomic mass is 32.1. The Morgan fingerprint density at radius 3 is 1.71 bits per heavy atom. The van der Waals surface area contributed by atoms with Gasteiger partial charge in [0.2, 0.25) is 11.5 Å². The minimum Gasteiger partial charge on any atom is -0.493 e. The first-order valence-electron chi connectivity index (χ1n) is 10.7. The fourth-order valence-corrected chi connectivity index (χ4v) is 3.19. The molecule has 186 valence electrons. The van der Waals surface area contributed by atoms with Crippen molar-refractivity contribution in [2.24, 2.45) is 0 Å². The number of carbonyl (C=O) groups excluding carboxylic acids is 1. The number of thiocarbonyl (C=S) groups is 1. The molecular weight excluding hydrogens is 462 g/mol. The van der Waals surface area contributed by atoms with Gasteiger partial charge in [-0.15, -0.1) is 0 Å². The van der Waals surface area contributed by atoms with E-state index in [1.54, 1.807) is 24.3 Å². The highest BCUT2D eigenvalue weighted by molar-refractivity contribution is 7.80. The van der Waals surface area contributed by atoms with E-state index < -0.39 is 5.91 Å². The van der Waals surface area contributed by atoms with Crippen LogP contribution in [0, 0.1) is 0 Å². The van der Waals surface area contributed by atoms with Crippen LogP contribution in [0.25, 0.3) is 0 Å². The van der Waals surface area contributed by atoms with E-state index in [2.05, 4.69) is 16.2 Å². The molecular formula is C23H31N3O7S. The lowest BCUT2D eigenvalue weighted by atomic mass is 10.1. The number of ether oxygens (including phenoxy) is 6. The topological polar surface area (TPSA) is 109 Å². The molecule has 0 aliphatic carbocycles. The van der Waals surface area contributed by atoms with Crippen molar-refractivity contribution in [3.63, 3.8) is 0 Å². The summed E-state index contributed by atoms with van der Waals surface area (Å²) >= 11 is 5.30. The first kappa shape index (κ1) is 26.7. The van der Waals surface area contributed by atoms with Crippen molar-refractivity contribution in [2.45, 2.75) is 20.8 Å². The van der Waals surface area contributed by atoms with Crippen LogP contribution in [0.15, 0.2) is 24.3 Å². The molecule has 11 heteroatoms. The Hall–Kier alpha value is -3.60. The van der Waals surface area contributed by atoms with Crippen molar-refractivity contribution in [3.05, 3.63) is 29.8 Å². The fraction of sp³-hybridized carbons (Fsp3) is 0.391. The van der Waals surface area contributed by atoms with E-state index in [1.165, 1.54) is 21.3 Å². The molecule has 2 aromatic carbocycles. The van der Waals surface area contributed by atoms with Gasteiger partial charge < -0.3 is 33.7 Å². The molecule has 0 radical (unpaired) electrons. The van der Waals surface area contributed by atoms with Crippen LogP contribution in [0.2, 0.25) is 0 Å². The van der Waals surface area contributed by atoms with E-state index in [9.17, 15) is 4.79 Å². The molecule has 0 spiro atoms. The van der Waals surface area contributed by atoms with Gasteiger partial charge in [0.05, 0.1) is 41.2 Å². The molecule has 34 heavy (non-hydrogen) atoms. The SMILES string of the molecule is CCOc1cc(C(=O)NNC(=S)Nc2cc(OC)c(OC)c(OC)c2)cc(OCC)c1OCC. The zero-order chi connectivity index (χ0) is 25.1. The van der Waals surface area contributed by atoms with Crippen molar-refractivity contribution in [1.82, 2.24) is 10.9 Å². The Balaban J connectivity index is 2.15. The second-order valence-corrected chi connectivity index (χ2v) is 6.96. The Morgan fingerprint density at radius 1 is 0.735 bits per heavy atom. The molecule has 0 aliphatic heterocycles. The van der Waals surface area contributed by atoms with Crippen molar-refractivity contribution in [2.75, 3.05) is 46.5 Å². The normalized spacial score (nSPS) is 10.1. The number of hydrogen-bond acceptors (Lipinski definition) is 8. The van der Waals surface area contributed by atoms with E-state index in [4.69, 9.17) is 40.6 Å². The summed E-state index contributed by atoms with van der Waals surface area (Å²) in [5.74, 6) is 2.20. The Morgan fingerprint density at radius 2 is 1.26 bits per heavy atom. The van der Waals surface area contributed by atoms with Gasteiger partial charge in [-0.2, -0.15) is 0 Å². The van der Waals surface area contributed by atoms with Crippen LogP contribution in [-0.4, -0.2) is 52.2 Å². The quantitative estimate of drug-likeness (QED) is 0.318. The van der Waals surface area contributed by atoms with Crippen molar-refractivity contribution < 1.29 is 33.2 Å². The minimum absolute atomic E-state index is 0.142. The summed E-state index contributed by atoms with van der Waals surface area (Å²) in [5.41, 5.74) is 6.10. The fourth-order valence-electron chi connectivity index (χ4n) is 3.02. The predicted molar refractivity (Wildman–Crippen MR) is 133 cm³/mol. The maximum Gasteiger partial charge on any atom is 0.269 e. The van der Waals surface area contributed by atoms with E-state index in [0.29, 0.717) is 65.6 Å². The van der Waals surface area contributed by atoms with Gasteiger partial charge in [0.1, 0.15) is 0 Å². The number of benzene rings is 2. The standard InChI is InChI=1S/C23H31N3O7S/c1-7-31-18-10-14(11-19(32-8-2)21(18)33-9-3)22(27)25-26-23(34)24-15-12-16(28-4)20(30-6)17(13-15)29-5/h10-13H,7-9H2,1-6H3,(H,25,27)(H2,24,26,34). The summed E-state index contributed by atoms with van der Waals surface area (Å²) in [5, 5.41) is 3.10. The van der Waals surface area contributed by atoms with Gasteiger partial charge in [-0.25, -0.2) is 0 Å². The van der Waals surface area contributed by atoms with E-state index in [0.717, 1.165) is 0 Å². The van der Waals surface area contributed by atoms with Gasteiger partial charge in [-0.3, -0.25) is 15.6 Å². The zero-order valence-electron chi connectivity index (χ0n) is 20.2. The third kappa shape index (κ3) is 6.70. The third-order valence-electron chi connectivity index (χ3n) is 4.38. The summed E-state index contributed by atoms with van der Waals surface area (Å²) in [7, 11) is 4.55. The first-order chi connectivity index (χ1) is 16.4. The summed E-state index contributed by atoms with van der Waals surface area (Å²) < 4.78 is 33.0. The van der Waals surface area contributed by atoms with Gasteiger partial charge in [0, 0.05) is 23.4 Å². The molecule has 10 nitrogen and oxygen atoms in total. The number of amides is 1. The lowest BCUT2D eigenvalue weighted by Gasteiger charge is -2.18. The van der Waals surface area contributed by atoms with Crippen molar-refractivity contribution in [1.29, 1.82) is 0 Å². The number of rotatable bonds is 11. The lowest BCUT2D eigenvalue weighted by molar-refractivity contribution is 0.0943. The van der Waals surface area contributed by atoms with E-state index >= 15 is 0 Å². The number of hydrazine groups is 1. The van der Waals surface area contributed by atoms with Crippen molar-refractivity contribution in [3.8, 4) is 34.5 Å². The highest BCUT2D eigenvalue weighted by Crippen LogP contribution is 2.40. The van der Waals surface area contributed by atoms with Gasteiger partial charge >= 0.3 is 0 Å². The molecule has 0 aliphatic rings. The maximum atomic E-state index is 12.8. The molecule has 0 aromatic heterocycles. The van der Waals surface area contributed by atoms with E-state index in [-0.39, 0.29) is 5.11 Å². The molecule has 2 aromatic rings. The minimum atomic E-state index is -0.445. The number of carbonyl (C=O) groups is 1. The van der Waals surface area contributed by atoms with Crippen LogP contribution in [0.3, 0.4) is 0 Å². The second kappa shape index (κ2) is 13.2. The van der Waals surface area contributed by atoms with Crippen LogP contribution in [0.5, 0.6) is 34.5 Å². The molecule has 3 N–H and O–H groups in total. The molecule has 0 atom stereocenters. The van der Waals surface area contributed by atoms with Crippen LogP contribution in [-0.2, 0) is 0 Å². The number of nitrogens with one attached hydrogen (secondary N) is 3. The van der Waals surface area contributed by atoms with Gasteiger partial charge in [0.25, 0.3) is 5.91 Å². The highest BCUT2D eigenvalue weighted by Gasteiger charge is 2.19. The number of hydrogen-bond donors (Lipinski definition) is 3. The summed E-state index contributed by atoms with van der Waals surface area (Å²) in [4.78, 5) is 12.8. The monoisotopic (exact) mass is 493 g/mol. The van der Waals surface area contributed by atoms with Gasteiger partial charge in [0.15, 0.2) is 28.1 Å². The average molecular weight is 494 g/mol. The number of anilines is 1. The van der Waals surface area contributed by atoms with Crippen LogP contribution in [0.4, 0.5) is 5.69 Å². The zero-order valence-corrected chi connectivity index (χ0v) is 21.0. The lowest BCUT2D eigenvalue weighted by Crippen LogP contribution is -2.43.